The van der Waals surface area contributed by atoms with Crippen LogP contribution in [0.1, 0.15) is 13.3 Å². The molecule has 0 spiro atoms. The Morgan fingerprint density at radius 3 is 1.52 bits per heavy atom. The molecule has 8 nitrogen and oxygen atoms in total. The summed E-state index contributed by atoms with van der Waals surface area (Å²) in [5, 5.41) is 5.86. The molecule has 2 N–H and O–H groups in total. The molecule has 0 aliphatic rings. The minimum atomic E-state index is -3.70. The van der Waals surface area contributed by atoms with E-state index in [4.69, 9.17) is 0 Å². The van der Waals surface area contributed by atoms with Gasteiger partial charge in [-0.1, -0.05) is 20.1 Å². The Kier molecular flexibility index (Phi) is 7.30. The highest BCUT2D eigenvalue weighted by atomic mass is 32.2. The molecule has 2 amide bonds. The van der Waals surface area contributed by atoms with Gasteiger partial charge in [0.05, 0.1) is 0 Å². The third-order valence-electron chi connectivity index (χ3n) is 2.25. The molecule has 0 aliphatic heterocycles. The lowest BCUT2D eigenvalue weighted by molar-refractivity contribution is -0.121. The zero-order valence-electron chi connectivity index (χ0n) is 11.5. The molecular formula is C11H18N2O6S2. The lowest BCUT2D eigenvalue weighted by Crippen LogP contribution is -2.50. The van der Waals surface area contributed by atoms with Gasteiger partial charge in [0.25, 0.3) is 0 Å². The highest BCUT2D eigenvalue weighted by Gasteiger charge is 2.19. The van der Waals surface area contributed by atoms with E-state index in [0.717, 1.165) is 0 Å². The zero-order valence-corrected chi connectivity index (χ0v) is 13.2. The van der Waals surface area contributed by atoms with Crippen molar-refractivity contribution >= 4 is 31.5 Å². The van der Waals surface area contributed by atoms with Gasteiger partial charge >= 0.3 is 0 Å². The standard InChI is InChI=1S/C11H18N2O6S2/c1-4-9(12-10(14)7-20(16,17)5-2)13-11(15)8-21(18,19)6-3/h5-6,9H,2-4,7-8H2,1H3,(H,12,14)(H,13,15). The van der Waals surface area contributed by atoms with Crippen LogP contribution >= 0.6 is 0 Å². The first-order chi connectivity index (χ1) is 9.55. The van der Waals surface area contributed by atoms with E-state index >= 15 is 0 Å². The molecular weight excluding hydrogens is 320 g/mol. The summed E-state index contributed by atoms with van der Waals surface area (Å²) in [6.45, 7) is 7.76. The average molecular weight is 338 g/mol. The van der Waals surface area contributed by atoms with Crippen molar-refractivity contribution in [3.63, 3.8) is 0 Å². The predicted octanol–water partition coefficient (Wildman–Crippen LogP) is -0.928. The van der Waals surface area contributed by atoms with Gasteiger partial charge in [0.1, 0.15) is 17.7 Å². The Balaban J connectivity index is 4.61. The number of hydrogen-bond acceptors (Lipinski definition) is 6. The van der Waals surface area contributed by atoms with Gasteiger partial charge in [-0.3, -0.25) is 9.59 Å². The van der Waals surface area contributed by atoms with Crippen molar-refractivity contribution in [1.29, 1.82) is 0 Å². The van der Waals surface area contributed by atoms with E-state index in [0.29, 0.717) is 10.8 Å². The molecule has 0 aromatic rings. The van der Waals surface area contributed by atoms with E-state index in [2.05, 4.69) is 23.8 Å². The van der Waals surface area contributed by atoms with E-state index in [1.54, 1.807) is 6.92 Å². The molecule has 0 aromatic carbocycles. The molecule has 0 bridgehead atoms. The van der Waals surface area contributed by atoms with Crippen molar-refractivity contribution in [3.8, 4) is 0 Å². The van der Waals surface area contributed by atoms with Crippen LogP contribution < -0.4 is 10.6 Å². The molecule has 0 heterocycles. The Bertz CT molecular complexity index is 567. The van der Waals surface area contributed by atoms with Crippen molar-refractivity contribution in [2.75, 3.05) is 11.5 Å². The van der Waals surface area contributed by atoms with Crippen LogP contribution in [0.2, 0.25) is 0 Å². The molecule has 0 radical (unpaired) electrons. The molecule has 0 rings (SSSR count). The van der Waals surface area contributed by atoms with E-state index < -0.39 is 49.2 Å². The van der Waals surface area contributed by atoms with Gasteiger partial charge in [-0.15, -0.1) is 0 Å². The summed E-state index contributed by atoms with van der Waals surface area (Å²) in [7, 11) is -7.41. The third kappa shape index (κ3) is 8.25. The predicted molar refractivity (Wildman–Crippen MR) is 78.3 cm³/mol. The van der Waals surface area contributed by atoms with Crippen LogP contribution in [0.3, 0.4) is 0 Å². The summed E-state index contributed by atoms with van der Waals surface area (Å²) in [6, 6.07) is 0. The number of hydrogen-bond donors (Lipinski definition) is 2. The number of nitrogens with one attached hydrogen (secondary N) is 2. The Hall–Kier alpha value is -1.68. The van der Waals surface area contributed by atoms with Gasteiger partial charge in [0.15, 0.2) is 19.7 Å². The van der Waals surface area contributed by atoms with Crippen LogP contribution in [0.25, 0.3) is 0 Å². The Labute approximate surface area is 124 Å². The molecule has 0 unspecified atom stereocenters. The van der Waals surface area contributed by atoms with Crippen LogP contribution in [-0.2, 0) is 29.3 Å². The van der Waals surface area contributed by atoms with Gasteiger partial charge in [0, 0.05) is 10.8 Å². The van der Waals surface area contributed by atoms with Gasteiger partial charge < -0.3 is 10.6 Å². The van der Waals surface area contributed by atoms with E-state index in [1.807, 2.05) is 0 Å². The van der Waals surface area contributed by atoms with Crippen molar-refractivity contribution in [3.05, 3.63) is 24.0 Å². The number of rotatable bonds is 9. The molecule has 0 aliphatic carbocycles. The molecule has 0 aromatic heterocycles. The van der Waals surface area contributed by atoms with Crippen LogP contribution in [0, 0.1) is 0 Å². The molecule has 0 atom stereocenters. The fourth-order valence-corrected chi connectivity index (χ4v) is 2.33. The van der Waals surface area contributed by atoms with Crippen LogP contribution in [0.15, 0.2) is 24.0 Å². The third-order valence-corrected chi connectivity index (χ3v) is 4.60. The quantitative estimate of drug-likeness (QED) is 0.523. The summed E-state index contributed by atoms with van der Waals surface area (Å²) < 4.78 is 44.7. The second-order valence-corrected chi connectivity index (χ2v) is 7.94. The molecule has 0 saturated heterocycles. The second kappa shape index (κ2) is 7.93. The van der Waals surface area contributed by atoms with E-state index in [9.17, 15) is 26.4 Å². The minimum absolute atomic E-state index is 0.250. The summed E-state index contributed by atoms with van der Waals surface area (Å²) in [5.41, 5.74) is 0. The van der Waals surface area contributed by atoms with E-state index in [-0.39, 0.29) is 6.42 Å². The van der Waals surface area contributed by atoms with Crippen LogP contribution in [-0.4, -0.2) is 46.3 Å². The number of amides is 2. The van der Waals surface area contributed by atoms with Crippen molar-refractivity contribution in [2.24, 2.45) is 0 Å². The fourth-order valence-electron chi connectivity index (χ4n) is 1.20. The fraction of sp³-hybridized carbons (Fsp3) is 0.455. The van der Waals surface area contributed by atoms with Gasteiger partial charge in [-0.05, 0) is 6.42 Å². The number of carbonyl (C=O) groups is 2. The maximum atomic E-state index is 11.5. The highest BCUT2D eigenvalue weighted by molar-refractivity contribution is 7.95. The number of sulfone groups is 2. The lowest BCUT2D eigenvalue weighted by Gasteiger charge is -2.18. The first kappa shape index (κ1) is 19.3. The van der Waals surface area contributed by atoms with Crippen molar-refractivity contribution in [2.45, 2.75) is 19.5 Å². The second-order valence-electron chi connectivity index (χ2n) is 4.04. The lowest BCUT2D eigenvalue weighted by atomic mass is 10.3. The van der Waals surface area contributed by atoms with Crippen molar-refractivity contribution in [1.82, 2.24) is 10.6 Å². The number of carbonyl (C=O) groups excluding carboxylic acids is 2. The molecule has 0 saturated carbocycles. The molecule has 10 heteroatoms. The van der Waals surface area contributed by atoms with Gasteiger partial charge in [-0.25, -0.2) is 16.8 Å². The largest absolute Gasteiger partial charge is 0.335 e. The zero-order chi connectivity index (χ0) is 16.7. The normalized spacial score (nSPS) is 11.7. The SMILES string of the molecule is C=CS(=O)(=O)CC(=O)NC(CC)NC(=O)CS(=O)(=O)C=C. The summed E-state index contributed by atoms with van der Waals surface area (Å²) in [5.74, 6) is -3.25. The molecule has 21 heavy (non-hydrogen) atoms. The minimum Gasteiger partial charge on any atom is -0.335 e. The van der Waals surface area contributed by atoms with Gasteiger partial charge in [0.2, 0.25) is 11.8 Å². The summed E-state index contributed by atoms with van der Waals surface area (Å²) >= 11 is 0. The highest BCUT2D eigenvalue weighted by Crippen LogP contribution is 1.95. The summed E-state index contributed by atoms with van der Waals surface area (Å²) in [6.07, 6.45) is -0.621. The Morgan fingerprint density at radius 1 is 0.952 bits per heavy atom. The summed E-state index contributed by atoms with van der Waals surface area (Å²) in [4.78, 5) is 23.0. The molecule has 120 valence electrons. The monoisotopic (exact) mass is 338 g/mol. The van der Waals surface area contributed by atoms with Crippen LogP contribution in [0.4, 0.5) is 0 Å². The topological polar surface area (TPSA) is 126 Å². The molecule has 0 fully saturated rings. The Morgan fingerprint density at radius 2 is 1.29 bits per heavy atom. The smallest absolute Gasteiger partial charge is 0.237 e. The maximum Gasteiger partial charge on any atom is 0.237 e. The van der Waals surface area contributed by atoms with Crippen molar-refractivity contribution < 1.29 is 26.4 Å². The first-order valence-electron chi connectivity index (χ1n) is 5.84. The first-order valence-corrected chi connectivity index (χ1v) is 9.27. The van der Waals surface area contributed by atoms with E-state index in [1.165, 1.54) is 0 Å². The van der Waals surface area contributed by atoms with Gasteiger partial charge in [-0.2, -0.15) is 0 Å². The average Bonchev–Trinajstić information content (AvgIpc) is 2.36. The van der Waals surface area contributed by atoms with Crippen LogP contribution in [0.5, 0.6) is 0 Å². The maximum absolute atomic E-state index is 11.5.